The highest BCUT2D eigenvalue weighted by Crippen LogP contribution is 2.35. The molecule has 0 N–H and O–H groups in total. The van der Waals surface area contributed by atoms with Crippen molar-refractivity contribution in [1.29, 1.82) is 0 Å². The molecule has 2 nitrogen and oxygen atoms in total. The van der Waals surface area contributed by atoms with Crippen LogP contribution in [0.5, 0.6) is 11.5 Å². The van der Waals surface area contributed by atoms with Crippen LogP contribution in [0.3, 0.4) is 0 Å². The summed E-state index contributed by atoms with van der Waals surface area (Å²) in [4.78, 5) is 0. The minimum atomic E-state index is 0.247. The van der Waals surface area contributed by atoms with Gasteiger partial charge in [-0.2, -0.15) is 0 Å². The van der Waals surface area contributed by atoms with Crippen molar-refractivity contribution in [3.05, 3.63) is 21.1 Å². The van der Waals surface area contributed by atoms with Crippen LogP contribution < -0.4 is 9.47 Å². The zero-order valence-electron chi connectivity index (χ0n) is 7.51. The second kappa shape index (κ2) is 5.28. The Labute approximate surface area is 99.9 Å². The number of halogens is 2. The second-order valence-corrected chi connectivity index (χ2v) is 4.12. The van der Waals surface area contributed by atoms with Gasteiger partial charge in [-0.05, 0) is 44.0 Å². The van der Waals surface area contributed by atoms with Gasteiger partial charge in [-0.25, -0.2) is 0 Å². The van der Waals surface area contributed by atoms with Crippen molar-refractivity contribution < 1.29 is 9.47 Å². The van der Waals surface area contributed by atoms with E-state index in [4.69, 9.17) is 15.9 Å². The summed E-state index contributed by atoms with van der Waals surface area (Å²) in [5, 5.41) is 0. The Morgan fingerprint density at radius 3 is 2.43 bits per heavy atom. The smallest absolute Gasteiger partial charge is 0.148 e. The number of hydrogen-bond acceptors (Lipinski definition) is 2. The van der Waals surface area contributed by atoms with Gasteiger partial charge in [-0.1, -0.05) is 5.92 Å². The maximum Gasteiger partial charge on any atom is 0.148 e. The summed E-state index contributed by atoms with van der Waals surface area (Å²) in [5.41, 5.74) is 0. The van der Waals surface area contributed by atoms with E-state index in [0.717, 1.165) is 14.7 Å². The second-order valence-electron chi connectivity index (χ2n) is 2.41. The van der Waals surface area contributed by atoms with Gasteiger partial charge < -0.3 is 9.47 Å². The molecule has 14 heavy (non-hydrogen) atoms. The molecular weight excluding hydrogens is 312 g/mol. The van der Waals surface area contributed by atoms with Crippen LogP contribution >= 0.6 is 31.9 Å². The molecule has 0 radical (unpaired) electrons. The van der Waals surface area contributed by atoms with E-state index < -0.39 is 0 Å². The summed E-state index contributed by atoms with van der Waals surface area (Å²) in [5.74, 6) is 3.83. The van der Waals surface area contributed by atoms with Crippen LogP contribution in [-0.4, -0.2) is 13.7 Å². The number of hydrogen-bond donors (Lipinski definition) is 0. The third-order valence-electron chi connectivity index (χ3n) is 1.52. The Kier molecular flexibility index (Phi) is 4.30. The van der Waals surface area contributed by atoms with Crippen molar-refractivity contribution in [3.63, 3.8) is 0 Å². The number of rotatable bonds is 3. The summed E-state index contributed by atoms with van der Waals surface area (Å²) >= 11 is 6.71. The fraction of sp³-hybridized carbons (Fsp3) is 0.200. The largest absolute Gasteiger partial charge is 0.496 e. The first-order chi connectivity index (χ1) is 6.69. The third-order valence-corrected chi connectivity index (χ3v) is 2.76. The predicted octanol–water partition coefficient (Wildman–Crippen LogP) is 3.23. The molecule has 0 amide bonds. The molecular formula is C10H8Br2O2. The van der Waals surface area contributed by atoms with E-state index >= 15 is 0 Å². The molecule has 0 atom stereocenters. The fourth-order valence-corrected chi connectivity index (χ4v) is 1.82. The molecule has 0 heterocycles. The summed E-state index contributed by atoms with van der Waals surface area (Å²) in [6.45, 7) is 0.247. The van der Waals surface area contributed by atoms with Crippen LogP contribution in [0.15, 0.2) is 21.1 Å². The molecule has 1 aromatic carbocycles. The van der Waals surface area contributed by atoms with Gasteiger partial charge in [0.2, 0.25) is 0 Å². The standard InChI is InChI=1S/C10H8Br2O2/c1-3-4-14-10-6-7(11)9(13-2)5-8(10)12/h1,5-6H,4H2,2H3. The molecule has 0 bridgehead atoms. The maximum absolute atomic E-state index is 5.30. The fourth-order valence-electron chi connectivity index (χ4n) is 0.897. The van der Waals surface area contributed by atoms with Gasteiger partial charge in [0.1, 0.15) is 18.1 Å². The Morgan fingerprint density at radius 1 is 1.29 bits per heavy atom. The molecule has 0 saturated carbocycles. The normalized spacial score (nSPS) is 9.29. The van der Waals surface area contributed by atoms with Gasteiger partial charge in [0, 0.05) is 0 Å². The Bertz CT molecular complexity index is 369. The van der Waals surface area contributed by atoms with Crippen molar-refractivity contribution >= 4 is 31.9 Å². The van der Waals surface area contributed by atoms with E-state index in [1.165, 1.54) is 0 Å². The lowest BCUT2D eigenvalue weighted by atomic mass is 10.3. The van der Waals surface area contributed by atoms with Crippen LogP contribution in [0, 0.1) is 12.3 Å². The lowest BCUT2D eigenvalue weighted by Crippen LogP contribution is -1.95. The molecule has 0 aromatic heterocycles. The highest BCUT2D eigenvalue weighted by atomic mass is 79.9. The SMILES string of the molecule is C#CCOc1cc(Br)c(OC)cc1Br. The number of methoxy groups -OCH3 is 1. The predicted molar refractivity (Wildman–Crippen MR) is 62.7 cm³/mol. The highest BCUT2D eigenvalue weighted by molar-refractivity contribution is 9.11. The van der Waals surface area contributed by atoms with Crippen molar-refractivity contribution in [1.82, 2.24) is 0 Å². The molecule has 4 heteroatoms. The molecule has 0 aliphatic carbocycles. The molecule has 0 unspecified atom stereocenters. The Balaban J connectivity index is 2.97. The molecule has 0 saturated heterocycles. The van der Waals surface area contributed by atoms with Gasteiger partial charge in [0.25, 0.3) is 0 Å². The molecule has 0 aliphatic rings. The van der Waals surface area contributed by atoms with E-state index in [2.05, 4.69) is 37.8 Å². The minimum Gasteiger partial charge on any atom is -0.496 e. The van der Waals surface area contributed by atoms with Crippen LogP contribution in [0.4, 0.5) is 0 Å². The number of benzene rings is 1. The zero-order chi connectivity index (χ0) is 10.6. The van der Waals surface area contributed by atoms with E-state index in [9.17, 15) is 0 Å². The zero-order valence-corrected chi connectivity index (χ0v) is 10.7. The van der Waals surface area contributed by atoms with Gasteiger partial charge in [-0.3, -0.25) is 0 Å². The van der Waals surface area contributed by atoms with Crippen molar-refractivity contribution in [3.8, 4) is 23.8 Å². The van der Waals surface area contributed by atoms with Crippen LogP contribution in [0.1, 0.15) is 0 Å². The Hall–Kier alpha value is -0.660. The topological polar surface area (TPSA) is 18.5 Å². The van der Waals surface area contributed by atoms with Crippen LogP contribution in [-0.2, 0) is 0 Å². The monoisotopic (exact) mass is 318 g/mol. The van der Waals surface area contributed by atoms with E-state index in [-0.39, 0.29) is 6.61 Å². The van der Waals surface area contributed by atoms with Gasteiger partial charge in [0.05, 0.1) is 16.1 Å². The molecule has 1 aromatic rings. The lowest BCUT2D eigenvalue weighted by molar-refractivity contribution is 0.364. The number of ether oxygens (including phenoxy) is 2. The molecule has 0 aliphatic heterocycles. The highest BCUT2D eigenvalue weighted by Gasteiger charge is 2.07. The Morgan fingerprint density at radius 2 is 1.86 bits per heavy atom. The van der Waals surface area contributed by atoms with Crippen LogP contribution in [0.2, 0.25) is 0 Å². The third kappa shape index (κ3) is 2.66. The summed E-state index contributed by atoms with van der Waals surface area (Å²) in [6.07, 6.45) is 5.09. The molecule has 74 valence electrons. The quantitative estimate of drug-likeness (QED) is 0.796. The van der Waals surface area contributed by atoms with Crippen molar-refractivity contribution in [2.75, 3.05) is 13.7 Å². The lowest BCUT2D eigenvalue weighted by Gasteiger charge is -2.09. The van der Waals surface area contributed by atoms with Crippen molar-refractivity contribution in [2.45, 2.75) is 0 Å². The summed E-state index contributed by atoms with van der Waals surface area (Å²) in [6, 6.07) is 3.62. The summed E-state index contributed by atoms with van der Waals surface area (Å²) in [7, 11) is 1.61. The molecule has 0 fully saturated rings. The average Bonchev–Trinajstić information content (AvgIpc) is 2.18. The first kappa shape index (κ1) is 11.4. The molecule has 0 spiro atoms. The van der Waals surface area contributed by atoms with E-state index in [1.54, 1.807) is 13.2 Å². The number of terminal acetylenes is 1. The average molecular weight is 320 g/mol. The van der Waals surface area contributed by atoms with Crippen LogP contribution in [0.25, 0.3) is 0 Å². The molecule has 1 rings (SSSR count). The van der Waals surface area contributed by atoms with Gasteiger partial charge >= 0.3 is 0 Å². The van der Waals surface area contributed by atoms with E-state index in [1.807, 2.05) is 6.07 Å². The van der Waals surface area contributed by atoms with E-state index in [0.29, 0.717) is 5.75 Å². The first-order valence-corrected chi connectivity index (χ1v) is 5.37. The first-order valence-electron chi connectivity index (χ1n) is 3.78. The minimum absolute atomic E-state index is 0.247. The summed E-state index contributed by atoms with van der Waals surface area (Å²) < 4.78 is 12.1. The van der Waals surface area contributed by atoms with Gasteiger partial charge in [0.15, 0.2) is 0 Å². The maximum atomic E-state index is 5.30. The van der Waals surface area contributed by atoms with Gasteiger partial charge in [-0.15, -0.1) is 6.42 Å². The van der Waals surface area contributed by atoms with Crippen molar-refractivity contribution in [2.24, 2.45) is 0 Å².